The van der Waals surface area contributed by atoms with Crippen molar-refractivity contribution in [3.63, 3.8) is 0 Å². The zero-order valence-corrected chi connectivity index (χ0v) is 14.4. The molecule has 122 valence electrons. The first-order chi connectivity index (χ1) is 11.7. The second kappa shape index (κ2) is 7.27. The summed E-state index contributed by atoms with van der Waals surface area (Å²) >= 11 is 1.61. The molecular formula is C19H18N2O2S. The Balaban J connectivity index is 1.99. The summed E-state index contributed by atoms with van der Waals surface area (Å²) in [4.78, 5) is 17.1. The van der Waals surface area contributed by atoms with Gasteiger partial charge in [-0.3, -0.25) is 0 Å². The molecule has 0 aliphatic rings. The van der Waals surface area contributed by atoms with Crippen LogP contribution in [0.25, 0.3) is 11.3 Å². The number of esters is 1. The largest absolute Gasteiger partial charge is 0.465 e. The van der Waals surface area contributed by atoms with Crippen molar-refractivity contribution >= 4 is 23.0 Å². The number of carbonyl (C=O) groups is 1. The number of nitrogens with zero attached hydrogens (tertiary/aromatic N) is 2. The Bertz CT molecular complexity index is 893. The molecule has 0 amide bonds. The molecule has 0 unspecified atom stereocenters. The molecule has 0 saturated carbocycles. The van der Waals surface area contributed by atoms with E-state index in [-0.39, 0.29) is 5.97 Å². The first kappa shape index (κ1) is 16.2. The molecule has 1 aromatic heterocycles. The van der Waals surface area contributed by atoms with Gasteiger partial charge in [0, 0.05) is 11.9 Å². The van der Waals surface area contributed by atoms with Crippen molar-refractivity contribution < 1.29 is 9.53 Å². The number of thiazole rings is 1. The molecule has 0 spiro atoms. The summed E-state index contributed by atoms with van der Waals surface area (Å²) in [6.07, 6.45) is 0. The maximum absolute atomic E-state index is 11.5. The van der Waals surface area contributed by atoms with Crippen molar-refractivity contribution in [2.45, 2.75) is 13.5 Å². The highest BCUT2D eigenvalue weighted by Crippen LogP contribution is 2.20. The van der Waals surface area contributed by atoms with Crippen LogP contribution in [-0.2, 0) is 11.3 Å². The number of hydrogen-bond acceptors (Lipinski definition) is 4. The summed E-state index contributed by atoms with van der Waals surface area (Å²) in [6, 6.07) is 17.4. The Kier molecular flexibility index (Phi) is 4.91. The van der Waals surface area contributed by atoms with Gasteiger partial charge in [-0.2, -0.15) is 0 Å². The predicted octanol–water partition coefficient (Wildman–Crippen LogP) is 4.26. The number of methoxy groups -OCH3 is 1. The van der Waals surface area contributed by atoms with Crippen LogP contribution in [0.4, 0.5) is 5.69 Å². The van der Waals surface area contributed by atoms with Crippen LogP contribution in [-0.4, -0.2) is 17.6 Å². The highest BCUT2D eigenvalue weighted by molar-refractivity contribution is 7.07. The second-order valence-corrected chi connectivity index (χ2v) is 6.00. The number of benzene rings is 2. The maximum atomic E-state index is 11.5. The van der Waals surface area contributed by atoms with Gasteiger partial charge in [0.1, 0.15) is 0 Å². The monoisotopic (exact) mass is 338 g/mol. The van der Waals surface area contributed by atoms with Crippen LogP contribution in [0, 0.1) is 0 Å². The number of carbonyl (C=O) groups excluding carboxylic acids is 1. The van der Waals surface area contributed by atoms with Gasteiger partial charge in [0.25, 0.3) is 0 Å². The average molecular weight is 338 g/mol. The van der Waals surface area contributed by atoms with E-state index in [0.717, 1.165) is 22.7 Å². The van der Waals surface area contributed by atoms with E-state index in [2.05, 4.69) is 29.0 Å². The van der Waals surface area contributed by atoms with Gasteiger partial charge < -0.3 is 9.30 Å². The Morgan fingerprint density at radius 1 is 1.12 bits per heavy atom. The summed E-state index contributed by atoms with van der Waals surface area (Å²) in [7, 11) is 1.38. The van der Waals surface area contributed by atoms with Gasteiger partial charge in [-0.1, -0.05) is 30.3 Å². The molecule has 0 bridgehead atoms. The van der Waals surface area contributed by atoms with Crippen molar-refractivity contribution in [2.24, 2.45) is 4.99 Å². The standard InChI is InChI=1S/C19H18N2O2S/c1-3-21-17(14-7-5-4-6-8-14)13-24-19(21)20-16-11-9-15(10-12-16)18(22)23-2/h4-13H,3H2,1-2H3/b20-19-. The molecule has 0 atom stereocenters. The quantitative estimate of drug-likeness (QED) is 0.667. The van der Waals surface area contributed by atoms with Crippen molar-refractivity contribution in [1.82, 2.24) is 4.57 Å². The van der Waals surface area contributed by atoms with Crippen LogP contribution in [0.3, 0.4) is 0 Å². The summed E-state index contributed by atoms with van der Waals surface area (Å²) < 4.78 is 6.90. The fraction of sp³-hybridized carbons (Fsp3) is 0.158. The van der Waals surface area contributed by atoms with E-state index in [9.17, 15) is 4.79 Å². The van der Waals surface area contributed by atoms with Gasteiger partial charge >= 0.3 is 5.97 Å². The van der Waals surface area contributed by atoms with E-state index in [1.807, 2.05) is 30.3 Å². The molecular weight excluding hydrogens is 320 g/mol. The molecule has 0 N–H and O–H groups in total. The SMILES string of the molecule is CCn1c(-c2ccccc2)cs/c1=N\c1ccc(C(=O)OC)cc1. The molecule has 5 heteroatoms. The lowest BCUT2D eigenvalue weighted by atomic mass is 10.2. The third-order valence-corrected chi connectivity index (χ3v) is 4.56. The Hall–Kier alpha value is -2.66. The van der Waals surface area contributed by atoms with Crippen LogP contribution in [0.15, 0.2) is 65.0 Å². The molecule has 0 saturated heterocycles. The first-order valence-electron chi connectivity index (χ1n) is 7.69. The van der Waals surface area contributed by atoms with Gasteiger partial charge in [-0.15, -0.1) is 11.3 Å². The van der Waals surface area contributed by atoms with Crippen LogP contribution in [0.5, 0.6) is 0 Å². The van der Waals surface area contributed by atoms with Crippen LogP contribution < -0.4 is 4.80 Å². The molecule has 0 fully saturated rings. The minimum absolute atomic E-state index is 0.340. The summed E-state index contributed by atoms with van der Waals surface area (Å²) in [5, 5.41) is 2.13. The summed E-state index contributed by atoms with van der Waals surface area (Å²) in [5.41, 5.74) is 3.67. The molecule has 1 heterocycles. The Labute approximate surface area is 144 Å². The highest BCUT2D eigenvalue weighted by atomic mass is 32.1. The lowest BCUT2D eigenvalue weighted by Gasteiger charge is -2.06. The smallest absolute Gasteiger partial charge is 0.337 e. The van der Waals surface area contributed by atoms with Gasteiger partial charge in [-0.25, -0.2) is 9.79 Å². The number of rotatable bonds is 4. The van der Waals surface area contributed by atoms with Gasteiger partial charge in [-0.05, 0) is 36.8 Å². The highest BCUT2D eigenvalue weighted by Gasteiger charge is 2.07. The fourth-order valence-corrected chi connectivity index (χ4v) is 3.46. The fourth-order valence-electron chi connectivity index (χ4n) is 2.46. The van der Waals surface area contributed by atoms with Crippen LogP contribution in [0.2, 0.25) is 0 Å². The zero-order chi connectivity index (χ0) is 16.9. The number of aromatic nitrogens is 1. The minimum Gasteiger partial charge on any atom is -0.465 e. The van der Waals surface area contributed by atoms with Crippen molar-refractivity contribution in [2.75, 3.05) is 7.11 Å². The Morgan fingerprint density at radius 2 is 1.83 bits per heavy atom. The van der Waals surface area contributed by atoms with E-state index in [4.69, 9.17) is 9.73 Å². The van der Waals surface area contributed by atoms with E-state index < -0.39 is 0 Å². The molecule has 0 radical (unpaired) electrons. The molecule has 4 nitrogen and oxygen atoms in total. The van der Waals surface area contributed by atoms with E-state index in [1.165, 1.54) is 12.7 Å². The van der Waals surface area contributed by atoms with Crippen LogP contribution in [0.1, 0.15) is 17.3 Å². The molecule has 24 heavy (non-hydrogen) atoms. The Morgan fingerprint density at radius 3 is 2.46 bits per heavy atom. The second-order valence-electron chi connectivity index (χ2n) is 5.16. The normalized spacial score (nSPS) is 11.5. The summed E-state index contributed by atoms with van der Waals surface area (Å²) in [5.74, 6) is -0.340. The molecule has 0 aliphatic carbocycles. The van der Waals surface area contributed by atoms with Crippen LogP contribution >= 0.6 is 11.3 Å². The molecule has 0 aliphatic heterocycles. The van der Waals surface area contributed by atoms with E-state index >= 15 is 0 Å². The van der Waals surface area contributed by atoms with Crippen molar-refractivity contribution in [1.29, 1.82) is 0 Å². The van der Waals surface area contributed by atoms with Gasteiger partial charge in [0.05, 0.1) is 24.1 Å². The summed E-state index contributed by atoms with van der Waals surface area (Å²) in [6.45, 7) is 2.95. The lowest BCUT2D eigenvalue weighted by Crippen LogP contribution is -2.14. The topological polar surface area (TPSA) is 43.6 Å². The van der Waals surface area contributed by atoms with Gasteiger partial charge in [0.15, 0.2) is 4.80 Å². The third-order valence-electron chi connectivity index (χ3n) is 3.70. The van der Waals surface area contributed by atoms with Crippen molar-refractivity contribution in [3.05, 3.63) is 70.3 Å². The maximum Gasteiger partial charge on any atom is 0.337 e. The average Bonchev–Trinajstić information content (AvgIpc) is 3.05. The molecule has 3 rings (SSSR count). The van der Waals surface area contributed by atoms with E-state index in [0.29, 0.717) is 5.56 Å². The van der Waals surface area contributed by atoms with Gasteiger partial charge in [0.2, 0.25) is 0 Å². The van der Waals surface area contributed by atoms with Crippen molar-refractivity contribution in [3.8, 4) is 11.3 Å². The first-order valence-corrected chi connectivity index (χ1v) is 8.57. The lowest BCUT2D eigenvalue weighted by molar-refractivity contribution is 0.0601. The third kappa shape index (κ3) is 3.31. The van der Waals surface area contributed by atoms with E-state index in [1.54, 1.807) is 23.5 Å². The zero-order valence-electron chi connectivity index (χ0n) is 13.6. The molecule has 2 aromatic carbocycles. The number of ether oxygens (including phenoxy) is 1. The molecule has 3 aromatic rings. The number of hydrogen-bond donors (Lipinski definition) is 0. The minimum atomic E-state index is -0.340. The predicted molar refractivity (Wildman–Crippen MR) is 96.4 cm³/mol.